The van der Waals surface area contributed by atoms with Gasteiger partial charge in [-0.05, 0) is 35.9 Å². The summed E-state index contributed by atoms with van der Waals surface area (Å²) in [6.07, 6.45) is 4.05. The van der Waals surface area contributed by atoms with Crippen molar-refractivity contribution in [3.8, 4) is 5.75 Å². The molecule has 0 saturated heterocycles. The van der Waals surface area contributed by atoms with Crippen LogP contribution in [0.1, 0.15) is 23.7 Å². The summed E-state index contributed by atoms with van der Waals surface area (Å²) < 4.78 is 7.21. The maximum Gasteiger partial charge on any atom is 0.216 e. The Morgan fingerprint density at radius 1 is 1.29 bits per heavy atom. The van der Waals surface area contributed by atoms with E-state index < -0.39 is 5.54 Å². The van der Waals surface area contributed by atoms with E-state index in [0.717, 1.165) is 21.3 Å². The summed E-state index contributed by atoms with van der Waals surface area (Å²) in [5.74, 6) is 1.17. The molecule has 0 amide bonds. The highest BCUT2D eigenvalue weighted by atomic mass is 79.9. The molecule has 0 aliphatic carbocycles. The van der Waals surface area contributed by atoms with Gasteiger partial charge in [0.2, 0.25) is 5.96 Å². The van der Waals surface area contributed by atoms with Crippen molar-refractivity contribution in [2.75, 3.05) is 13.7 Å². The van der Waals surface area contributed by atoms with Crippen LogP contribution in [0, 0.1) is 0 Å². The molecule has 24 heavy (non-hydrogen) atoms. The van der Waals surface area contributed by atoms with E-state index in [2.05, 4.69) is 20.9 Å². The van der Waals surface area contributed by atoms with Crippen molar-refractivity contribution in [2.45, 2.75) is 18.1 Å². The maximum atomic E-state index is 6.23. The van der Waals surface area contributed by atoms with Gasteiger partial charge in [-0.15, -0.1) is 0 Å². The van der Waals surface area contributed by atoms with Gasteiger partial charge in [0.15, 0.2) is 0 Å². The number of ether oxygens (including phenoxy) is 1. The molecule has 2 unspecified atom stereocenters. The average molecular weight is 389 g/mol. The Morgan fingerprint density at radius 2 is 2.08 bits per heavy atom. The van der Waals surface area contributed by atoms with Gasteiger partial charge in [0, 0.05) is 35.9 Å². The molecule has 3 heterocycles. The standard InChI is InChI=1S/C17H17BrN4O2/c1-22-16(19)21-17(10-23-22)9-15(11-4-6-20-7-5-11)24-14-3-2-12(18)8-13(14)17/h2-8,15H,9-10H2,1H3,(H2,19,21). The van der Waals surface area contributed by atoms with E-state index in [1.165, 1.54) is 5.06 Å². The van der Waals surface area contributed by atoms with Crippen LogP contribution < -0.4 is 10.5 Å². The first-order valence-electron chi connectivity index (χ1n) is 7.66. The van der Waals surface area contributed by atoms with E-state index in [-0.39, 0.29) is 6.10 Å². The molecule has 2 aliphatic heterocycles. The highest BCUT2D eigenvalue weighted by molar-refractivity contribution is 9.10. The number of halogens is 1. The molecule has 7 heteroatoms. The van der Waals surface area contributed by atoms with Gasteiger partial charge in [-0.3, -0.25) is 9.82 Å². The predicted octanol–water partition coefficient (Wildman–Crippen LogP) is 2.75. The van der Waals surface area contributed by atoms with E-state index in [4.69, 9.17) is 20.3 Å². The highest BCUT2D eigenvalue weighted by Crippen LogP contribution is 2.48. The number of rotatable bonds is 1. The van der Waals surface area contributed by atoms with Gasteiger partial charge in [-0.2, -0.15) is 0 Å². The molecule has 1 aromatic carbocycles. The van der Waals surface area contributed by atoms with Gasteiger partial charge in [0.1, 0.15) is 24.0 Å². The van der Waals surface area contributed by atoms with Crippen LogP contribution in [0.4, 0.5) is 0 Å². The number of nitrogens with two attached hydrogens (primary N) is 1. The molecule has 2 N–H and O–H groups in total. The first-order valence-corrected chi connectivity index (χ1v) is 8.45. The van der Waals surface area contributed by atoms with Crippen molar-refractivity contribution in [3.05, 3.63) is 58.3 Å². The average Bonchev–Trinajstić information content (AvgIpc) is 2.60. The number of hydrogen-bond acceptors (Lipinski definition) is 6. The lowest BCUT2D eigenvalue weighted by atomic mass is 9.81. The lowest BCUT2D eigenvalue weighted by Crippen LogP contribution is -2.49. The van der Waals surface area contributed by atoms with Gasteiger partial charge >= 0.3 is 0 Å². The first kappa shape index (κ1) is 15.4. The van der Waals surface area contributed by atoms with Crippen LogP contribution >= 0.6 is 15.9 Å². The fraction of sp³-hybridized carbons (Fsp3) is 0.294. The number of aliphatic imine (C=N–C) groups is 1. The zero-order valence-corrected chi connectivity index (χ0v) is 14.7. The zero-order chi connectivity index (χ0) is 16.7. The van der Waals surface area contributed by atoms with Crippen LogP contribution in [-0.4, -0.2) is 29.7 Å². The Labute approximate surface area is 148 Å². The molecule has 0 radical (unpaired) electrons. The van der Waals surface area contributed by atoms with Crippen molar-refractivity contribution < 1.29 is 9.57 Å². The number of hydroxylamine groups is 2. The summed E-state index contributed by atoms with van der Waals surface area (Å²) in [6, 6.07) is 9.88. The molecule has 1 aromatic heterocycles. The molecule has 0 saturated carbocycles. The van der Waals surface area contributed by atoms with Gasteiger partial charge < -0.3 is 10.5 Å². The molecule has 1 spiro atoms. The summed E-state index contributed by atoms with van der Waals surface area (Å²) in [4.78, 5) is 14.6. The summed E-state index contributed by atoms with van der Waals surface area (Å²) in [6.45, 7) is 0.415. The normalized spacial score (nSPS) is 25.8. The molecule has 124 valence electrons. The topological polar surface area (TPSA) is 73.0 Å². The number of pyridine rings is 1. The number of fused-ring (bicyclic) bond motifs is 2. The van der Waals surface area contributed by atoms with E-state index in [1.807, 2.05) is 30.3 Å². The van der Waals surface area contributed by atoms with E-state index in [0.29, 0.717) is 19.0 Å². The monoisotopic (exact) mass is 388 g/mol. The third-order valence-corrected chi connectivity index (χ3v) is 4.95. The minimum absolute atomic E-state index is 0.134. The van der Waals surface area contributed by atoms with Crippen molar-refractivity contribution in [1.82, 2.24) is 10.0 Å². The van der Waals surface area contributed by atoms with Crippen molar-refractivity contribution in [1.29, 1.82) is 0 Å². The second-order valence-electron chi connectivity index (χ2n) is 6.00. The van der Waals surface area contributed by atoms with E-state index in [1.54, 1.807) is 19.4 Å². The number of nitrogens with zero attached hydrogens (tertiary/aromatic N) is 3. The molecule has 4 rings (SSSR count). The summed E-state index contributed by atoms with van der Waals surface area (Å²) in [7, 11) is 1.76. The molecule has 6 nitrogen and oxygen atoms in total. The summed E-state index contributed by atoms with van der Waals surface area (Å²) >= 11 is 3.53. The third-order valence-electron chi connectivity index (χ3n) is 4.46. The van der Waals surface area contributed by atoms with Gasteiger partial charge in [0.25, 0.3) is 0 Å². The lowest BCUT2D eigenvalue weighted by Gasteiger charge is -2.43. The molecular formula is C17H17BrN4O2. The van der Waals surface area contributed by atoms with Crippen molar-refractivity contribution in [3.63, 3.8) is 0 Å². The first-order chi connectivity index (χ1) is 11.6. The second-order valence-corrected chi connectivity index (χ2v) is 6.92. The Hall–Kier alpha value is -2.12. The Bertz CT molecular complexity index is 798. The fourth-order valence-electron chi connectivity index (χ4n) is 3.18. The molecule has 2 aliphatic rings. The molecule has 0 bridgehead atoms. The van der Waals surface area contributed by atoms with Crippen molar-refractivity contribution in [2.24, 2.45) is 10.7 Å². The molecule has 2 atom stereocenters. The van der Waals surface area contributed by atoms with Crippen LogP contribution in [-0.2, 0) is 10.4 Å². The number of guanidine groups is 1. The highest BCUT2D eigenvalue weighted by Gasteiger charge is 2.45. The van der Waals surface area contributed by atoms with E-state index in [9.17, 15) is 0 Å². The SMILES string of the molecule is CN1OCC2(CC(c3ccncc3)Oc3ccc(Br)cc32)N=C1N. The Balaban J connectivity index is 1.84. The van der Waals surface area contributed by atoms with Gasteiger partial charge in [0.05, 0.1) is 0 Å². The second kappa shape index (κ2) is 5.75. The largest absolute Gasteiger partial charge is 0.485 e. The zero-order valence-electron chi connectivity index (χ0n) is 13.1. The number of aromatic nitrogens is 1. The van der Waals surface area contributed by atoms with E-state index >= 15 is 0 Å². The maximum absolute atomic E-state index is 6.23. The Kier molecular flexibility index (Phi) is 3.69. The van der Waals surface area contributed by atoms with Crippen LogP contribution in [0.5, 0.6) is 5.75 Å². The quantitative estimate of drug-likeness (QED) is 0.812. The van der Waals surface area contributed by atoms with Crippen LogP contribution in [0.15, 0.2) is 52.2 Å². The van der Waals surface area contributed by atoms with Crippen LogP contribution in [0.25, 0.3) is 0 Å². The fourth-order valence-corrected chi connectivity index (χ4v) is 3.54. The molecule has 0 fully saturated rings. The predicted molar refractivity (Wildman–Crippen MR) is 93.4 cm³/mol. The summed E-state index contributed by atoms with van der Waals surface area (Å²) in [5, 5.41) is 1.50. The molecular weight excluding hydrogens is 372 g/mol. The summed E-state index contributed by atoms with van der Waals surface area (Å²) in [5.41, 5.74) is 7.53. The number of benzene rings is 1. The van der Waals surface area contributed by atoms with Crippen LogP contribution in [0.3, 0.4) is 0 Å². The molecule has 2 aromatic rings. The van der Waals surface area contributed by atoms with Crippen LogP contribution in [0.2, 0.25) is 0 Å². The van der Waals surface area contributed by atoms with Gasteiger partial charge in [-0.1, -0.05) is 15.9 Å². The number of hydrogen-bond donors (Lipinski definition) is 1. The third kappa shape index (κ3) is 2.53. The minimum Gasteiger partial charge on any atom is -0.485 e. The Morgan fingerprint density at radius 3 is 2.83 bits per heavy atom. The minimum atomic E-state index is -0.568. The van der Waals surface area contributed by atoms with Crippen molar-refractivity contribution >= 4 is 21.9 Å². The smallest absolute Gasteiger partial charge is 0.216 e. The lowest BCUT2D eigenvalue weighted by molar-refractivity contribution is -0.124. The van der Waals surface area contributed by atoms with Gasteiger partial charge in [-0.25, -0.2) is 10.1 Å².